The largest absolute Gasteiger partial charge is 0.381 e. The number of halogens is 1. The predicted molar refractivity (Wildman–Crippen MR) is 88.6 cm³/mol. The van der Waals surface area contributed by atoms with E-state index in [4.69, 9.17) is 11.6 Å². The lowest BCUT2D eigenvalue weighted by atomic mass is 10.0. The maximum absolute atomic E-state index is 10.8. The van der Waals surface area contributed by atoms with Crippen molar-refractivity contribution in [1.82, 2.24) is 9.97 Å². The molecule has 1 fully saturated rings. The van der Waals surface area contributed by atoms with E-state index >= 15 is 0 Å². The van der Waals surface area contributed by atoms with Gasteiger partial charge in [0.2, 0.25) is 0 Å². The molecule has 4 rings (SSSR count). The third kappa shape index (κ3) is 2.25. The molecule has 2 heterocycles. The second kappa shape index (κ2) is 5.14. The zero-order chi connectivity index (χ0) is 15.1. The predicted octanol–water partition coefficient (Wildman–Crippen LogP) is 4.27. The first-order valence-electron chi connectivity index (χ1n) is 7.24. The molecule has 0 unspecified atom stereocenters. The number of carbonyl (C=O) groups excluding carboxylic acids is 1. The van der Waals surface area contributed by atoms with Crippen LogP contribution in [0.3, 0.4) is 0 Å². The summed E-state index contributed by atoms with van der Waals surface area (Å²) >= 11 is 6.33. The first kappa shape index (κ1) is 13.3. The fourth-order valence-electron chi connectivity index (χ4n) is 2.60. The number of aldehydes is 1. The molecule has 0 spiro atoms. The number of nitrogens with one attached hydrogen (secondary N) is 2. The summed E-state index contributed by atoms with van der Waals surface area (Å²) in [4.78, 5) is 18.4. The van der Waals surface area contributed by atoms with Crippen molar-refractivity contribution in [3.63, 3.8) is 0 Å². The van der Waals surface area contributed by atoms with Crippen molar-refractivity contribution in [3.05, 3.63) is 47.2 Å². The molecule has 2 aromatic heterocycles. The maximum atomic E-state index is 10.8. The maximum Gasteiger partial charge on any atom is 0.150 e. The molecule has 0 bridgehead atoms. The smallest absolute Gasteiger partial charge is 0.150 e. The number of hydrogen-bond acceptors (Lipinski definition) is 3. The van der Waals surface area contributed by atoms with E-state index < -0.39 is 0 Å². The average Bonchev–Trinajstić information content (AvgIpc) is 3.29. The van der Waals surface area contributed by atoms with E-state index in [-0.39, 0.29) is 0 Å². The van der Waals surface area contributed by atoms with E-state index in [0.29, 0.717) is 16.6 Å². The van der Waals surface area contributed by atoms with E-state index in [1.807, 2.05) is 30.5 Å². The Hall–Kier alpha value is -2.33. The minimum atomic E-state index is 0.504. The number of nitrogens with zero attached hydrogens (tertiary/aromatic N) is 1. The van der Waals surface area contributed by atoms with E-state index in [9.17, 15) is 4.79 Å². The number of H-pyrrole nitrogens is 1. The van der Waals surface area contributed by atoms with Gasteiger partial charge in [-0.1, -0.05) is 35.9 Å². The molecule has 0 amide bonds. The van der Waals surface area contributed by atoms with Crippen LogP contribution in [0.2, 0.25) is 5.02 Å². The number of aromatic nitrogens is 2. The van der Waals surface area contributed by atoms with Gasteiger partial charge in [0.25, 0.3) is 0 Å². The molecule has 110 valence electrons. The minimum absolute atomic E-state index is 0.504. The van der Waals surface area contributed by atoms with Crippen molar-refractivity contribution in [2.75, 3.05) is 5.32 Å². The molecule has 0 aliphatic heterocycles. The lowest BCUT2D eigenvalue weighted by Crippen LogP contribution is -2.04. The summed E-state index contributed by atoms with van der Waals surface area (Å²) in [5.74, 6) is 0. The number of anilines is 1. The van der Waals surface area contributed by atoms with Gasteiger partial charge >= 0.3 is 0 Å². The second-order valence-corrected chi connectivity index (χ2v) is 5.97. The van der Waals surface area contributed by atoms with Crippen LogP contribution < -0.4 is 5.32 Å². The summed E-state index contributed by atoms with van der Waals surface area (Å²) in [6, 6.07) is 8.00. The molecule has 3 aromatic rings. The molecule has 0 saturated heterocycles. The molecule has 1 aliphatic rings. The van der Waals surface area contributed by atoms with E-state index in [1.54, 1.807) is 6.20 Å². The van der Waals surface area contributed by atoms with Crippen molar-refractivity contribution in [2.45, 2.75) is 18.9 Å². The lowest BCUT2D eigenvalue weighted by Gasteiger charge is -2.13. The Kier molecular flexibility index (Phi) is 3.12. The Balaban J connectivity index is 1.90. The van der Waals surface area contributed by atoms with E-state index in [2.05, 4.69) is 15.3 Å². The first-order chi connectivity index (χ1) is 10.8. The van der Waals surface area contributed by atoms with Crippen LogP contribution in [0.1, 0.15) is 23.2 Å². The monoisotopic (exact) mass is 311 g/mol. The van der Waals surface area contributed by atoms with Crippen LogP contribution in [0.25, 0.3) is 22.2 Å². The van der Waals surface area contributed by atoms with Gasteiger partial charge < -0.3 is 10.3 Å². The molecular formula is C17H14ClN3O. The van der Waals surface area contributed by atoms with Crippen LogP contribution in [0.5, 0.6) is 0 Å². The number of rotatable bonds is 4. The molecule has 4 nitrogen and oxygen atoms in total. The Bertz CT molecular complexity index is 850. The highest BCUT2D eigenvalue weighted by Crippen LogP contribution is 2.39. The Morgan fingerprint density at radius 3 is 2.73 bits per heavy atom. The van der Waals surface area contributed by atoms with Crippen LogP contribution in [-0.2, 0) is 0 Å². The zero-order valence-corrected chi connectivity index (χ0v) is 12.5. The Morgan fingerprint density at radius 1 is 1.27 bits per heavy atom. The number of carbonyl (C=O) groups is 1. The van der Waals surface area contributed by atoms with Crippen molar-refractivity contribution in [1.29, 1.82) is 0 Å². The number of benzene rings is 1. The molecular weight excluding hydrogens is 298 g/mol. The summed E-state index contributed by atoms with van der Waals surface area (Å²) in [6.07, 6.45) is 6.80. The van der Waals surface area contributed by atoms with Gasteiger partial charge in [-0.2, -0.15) is 0 Å². The molecule has 2 N–H and O–H groups in total. The molecule has 0 atom stereocenters. The Morgan fingerprint density at radius 2 is 2.05 bits per heavy atom. The normalized spacial score (nSPS) is 14.2. The molecule has 22 heavy (non-hydrogen) atoms. The van der Waals surface area contributed by atoms with Gasteiger partial charge in [-0.05, 0) is 18.4 Å². The quantitative estimate of drug-likeness (QED) is 0.707. The van der Waals surface area contributed by atoms with Gasteiger partial charge in [-0.25, -0.2) is 4.98 Å². The topological polar surface area (TPSA) is 57.8 Å². The summed E-state index contributed by atoms with van der Waals surface area (Å²) in [5.41, 5.74) is 4.46. The summed E-state index contributed by atoms with van der Waals surface area (Å²) in [5, 5.41) is 5.15. The summed E-state index contributed by atoms with van der Waals surface area (Å²) < 4.78 is 0. The van der Waals surface area contributed by atoms with Crippen LogP contribution in [0.15, 0.2) is 36.7 Å². The van der Waals surface area contributed by atoms with Crippen LogP contribution in [0, 0.1) is 0 Å². The second-order valence-electron chi connectivity index (χ2n) is 5.57. The summed E-state index contributed by atoms with van der Waals surface area (Å²) in [6.45, 7) is 0. The fourth-order valence-corrected chi connectivity index (χ4v) is 2.84. The van der Waals surface area contributed by atoms with Gasteiger partial charge in [0.1, 0.15) is 11.9 Å². The third-order valence-corrected chi connectivity index (χ3v) is 4.24. The summed E-state index contributed by atoms with van der Waals surface area (Å²) in [7, 11) is 0. The molecule has 1 aromatic carbocycles. The highest BCUT2D eigenvalue weighted by molar-refractivity contribution is 6.36. The van der Waals surface area contributed by atoms with Gasteiger partial charge in [-0.3, -0.25) is 4.79 Å². The Labute approximate surface area is 132 Å². The highest BCUT2D eigenvalue weighted by Gasteiger charge is 2.24. The van der Waals surface area contributed by atoms with Crippen molar-refractivity contribution < 1.29 is 4.79 Å². The number of pyridine rings is 1. The fraction of sp³-hybridized carbons (Fsp3) is 0.176. The van der Waals surface area contributed by atoms with Gasteiger partial charge in [0.15, 0.2) is 0 Å². The number of hydrogen-bond donors (Lipinski definition) is 2. The minimum Gasteiger partial charge on any atom is -0.381 e. The van der Waals surface area contributed by atoms with Crippen molar-refractivity contribution >= 4 is 34.6 Å². The number of aromatic amines is 1. The average molecular weight is 312 g/mol. The SMILES string of the molecule is O=Cc1ccc(-c2cnc3[nH]cc(Cl)c3c2NC2CC2)cc1. The first-order valence-corrected chi connectivity index (χ1v) is 7.62. The number of fused-ring (bicyclic) bond motifs is 1. The van der Waals surface area contributed by atoms with Gasteiger partial charge in [-0.15, -0.1) is 0 Å². The lowest BCUT2D eigenvalue weighted by molar-refractivity contribution is 0.112. The third-order valence-electron chi connectivity index (χ3n) is 3.94. The standard InChI is InChI=1S/C17H14ClN3O/c18-14-8-20-17-15(14)16(21-12-5-6-12)13(7-19-17)11-3-1-10(9-22)2-4-11/h1-4,7-9,12H,5-6H2,(H2,19,20,21). The molecule has 1 saturated carbocycles. The van der Waals surface area contributed by atoms with Crippen LogP contribution >= 0.6 is 11.6 Å². The molecule has 1 aliphatic carbocycles. The molecule has 5 heteroatoms. The van der Waals surface area contributed by atoms with Gasteiger partial charge in [0, 0.05) is 29.6 Å². The van der Waals surface area contributed by atoms with Crippen molar-refractivity contribution in [3.8, 4) is 11.1 Å². The van der Waals surface area contributed by atoms with Crippen LogP contribution in [-0.4, -0.2) is 22.3 Å². The van der Waals surface area contributed by atoms with Crippen molar-refractivity contribution in [2.24, 2.45) is 0 Å². The van der Waals surface area contributed by atoms with Gasteiger partial charge in [0.05, 0.1) is 16.1 Å². The van der Waals surface area contributed by atoms with E-state index in [0.717, 1.165) is 34.1 Å². The molecule has 0 radical (unpaired) electrons. The zero-order valence-electron chi connectivity index (χ0n) is 11.8. The van der Waals surface area contributed by atoms with Crippen LogP contribution in [0.4, 0.5) is 5.69 Å². The van der Waals surface area contributed by atoms with E-state index in [1.165, 1.54) is 12.8 Å². The highest BCUT2D eigenvalue weighted by atomic mass is 35.5.